The summed E-state index contributed by atoms with van der Waals surface area (Å²) >= 11 is 0. The van der Waals surface area contributed by atoms with Gasteiger partial charge in [0.25, 0.3) is 10.1 Å². The maximum Gasteiger partial charge on any atom is 0.269 e. The first-order valence-electron chi connectivity index (χ1n) is 4.28. The number of hydrogen-bond acceptors (Lipinski definition) is 3. The van der Waals surface area contributed by atoms with Crippen molar-refractivity contribution in [2.24, 2.45) is 5.73 Å². The molecule has 0 aliphatic carbocycles. The Morgan fingerprint density at radius 1 is 1.62 bits per heavy atom. The van der Waals surface area contributed by atoms with Crippen molar-refractivity contribution in [3.63, 3.8) is 0 Å². The average molecular weight is 207 g/mol. The van der Waals surface area contributed by atoms with Gasteiger partial charge in [0.05, 0.1) is 0 Å². The first kappa shape index (κ1) is 12.6. The molecule has 3 N–H and O–H groups in total. The molecule has 2 atom stereocenters. The second-order valence-corrected chi connectivity index (χ2v) is 4.64. The summed E-state index contributed by atoms with van der Waals surface area (Å²) in [6.07, 6.45) is 3.32. The Balaban J connectivity index is 4.46. The quantitative estimate of drug-likeness (QED) is 0.502. The maximum absolute atomic E-state index is 10.9. The lowest BCUT2D eigenvalue weighted by Gasteiger charge is -2.17. The zero-order valence-corrected chi connectivity index (χ0v) is 8.63. The fourth-order valence-electron chi connectivity index (χ4n) is 1.10. The maximum atomic E-state index is 10.9. The third-order valence-corrected chi connectivity index (χ3v) is 3.24. The Morgan fingerprint density at radius 3 is 2.46 bits per heavy atom. The Labute approximate surface area is 79.6 Å². The highest BCUT2D eigenvalue weighted by atomic mass is 32.2. The number of nitrogens with two attached hydrogens (primary N) is 1. The van der Waals surface area contributed by atoms with Crippen molar-refractivity contribution in [3.05, 3.63) is 12.7 Å². The van der Waals surface area contributed by atoms with Gasteiger partial charge in [-0.15, -0.1) is 6.58 Å². The van der Waals surface area contributed by atoms with Gasteiger partial charge in [0.1, 0.15) is 5.25 Å². The van der Waals surface area contributed by atoms with Crippen LogP contribution in [0.4, 0.5) is 0 Å². The minimum Gasteiger partial charge on any atom is -0.323 e. The van der Waals surface area contributed by atoms with Crippen molar-refractivity contribution in [1.82, 2.24) is 0 Å². The number of rotatable bonds is 6. The van der Waals surface area contributed by atoms with Crippen LogP contribution in [0.1, 0.15) is 26.2 Å². The van der Waals surface area contributed by atoms with Crippen molar-refractivity contribution >= 4 is 10.1 Å². The molecule has 0 heterocycles. The van der Waals surface area contributed by atoms with Gasteiger partial charge in [-0.2, -0.15) is 8.42 Å². The zero-order chi connectivity index (χ0) is 10.5. The SMILES string of the molecule is C=CC(N)C(CCCC)S(=O)(=O)O. The summed E-state index contributed by atoms with van der Waals surface area (Å²) in [7, 11) is -4.04. The Morgan fingerprint density at radius 2 is 2.15 bits per heavy atom. The van der Waals surface area contributed by atoms with Crippen LogP contribution >= 0.6 is 0 Å². The van der Waals surface area contributed by atoms with Crippen LogP contribution in [0, 0.1) is 0 Å². The van der Waals surface area contributed by atoms with E-state index in [4.69, 9.17) is 10.3 Å². The molecule has 0 spiro atoms. The van der Waals surface area contributed by atoms with E-state index in [9.17, 15) is 8.42 Å². The molecule has 0 aliphatic heterocycles. The van der Waals surface area contributed by atoms with Crippen molar-refractivity contribution in [3.8, 4) is 0 Å². The highest BCUT2D eigenvalue weighted by molar-refractivity contribution is 7.86. The lowest BCUT2D eigenvalue weighted by Crippen LogP contribution is -2.38. The van der Waals surface area contributed by atoms with Gasteiger partial charge in [-0.05, 0) is 6.42 Å². The van der Waals surface area contributed by atoms with Crippen molar-refractivity contribution in [2.75, 3.05) is 0 Å². The molecule has 0 aromatic rings. The lowest BCUT2D eigenvalue weighted by molar-refractivity contribution is 0.450. The second kappa shape index (κ2) is 5.36. The molecule has 2 unspecified atom stereocenters. The third-order valence-electron chi connectivity index (χ3n) is 1.93. The summed E-state index contributed by atoms with van der Waals surface area (Å²) in [4.78, 5) is 0. The molecule has 13 heavy (non-hydrogen) atoms. The van der Waals surface area contributed by atoms with Gasteiger partial charge < -0.3 is 5.73 Å². The summed E-state index contributed by atoms with van der Waals surface area (Å²) in [6.45, 7) is 5.35. The van der Waals surface area contributed by atoms with Gasteiger partial charge in [0.15, 0.2) is 0 Å². The van der Waals surface area contributed by atoms with Gasteiger partial charge in [0.2, 0.25) is 0 Å². The number of hydrogen-bond donors (Lipinski definition) is 2. The average Bonchev–Trinajstić information content (AvgIpc) is 2.02. The van der Waals surface area contributed by atoms with E-state index < -0.39 is 21.4 Å². The van der Waals surface area contributed by atoms with Gasteiger partial charge in [-0.1, -0.05) is 25.8 Å². The predicted molar refractivity (Wildman–Crippen MR) is 53.0 cm³/mol. The first-order chi connectivity index (χ1) is 5.93. The fourth-order valence-corrected chi connectivity index (χ4v) is 2.07. The molecule has 0 aliphatic rings. The molecule has 0 aromatic heterocycles. The van der Waals surface area contributed by atoms with Crippen LogP contribution in [0.5, 0.6) is 0 Å². The zero-order valence-electron chi connectivity index (χ0n) is 7.81. The van der Waals surface area contributed by atoms with E-state index in [-0.39, 0.29) is 0 Å². The lowest BCUT2D eigenvalue weighted by atomic mass is 10.1. The molecular weight excluding hydrogens is 190 g/mol. The first-order valence-corrected chi connectivity index (χ1v) is 5.78. The summed E-state index contributed by atoms with van der Waals surface area (Å²) in [6, 6.07) is -0.693. The van der Waals surface area contributed by atoms with Crippen molar-refractivity contribution < 1.29 is 13.0 Å². The van der Waals surface area contributed by atoms with Crippen molar-refractivity contribution in [2.45, 2.75) is 37.5 Å². The molecule has 0 bridgehead atoms. The number of unbranched alkanes of at least 4 members (excludes halogenated alkanes) is 1. The molecule has 0 fully saturated rings. The van der Waals surface area contributed by atoms with Gasteiger partial charge in [0, 0.05) is 6.04 Å². The summed E-state index contributed by atoms with van der Waals surface area (Å²) in [5.74, 6) is 0. The second-order valence-electron chi connectivity index (χ2n) is 3.01. The smallest absolute Gasteiger partial charge is 0.269 e. The Kier molecular flexibility index (Phi) is 5.20. The molecule has 0 aromatic carbocycles. The Hall–Kier alpha value is -0.390. The van der Waals surface area contributed by atoms with E-state index in [2.05, 4.69) is 6.58 Å². The van der Waals surface area contributed by atoms with E-state index >= 15 is 0 Å². The highest BCUT2D eigenvalue weighted by Gasteiger charge is 2.26. The normalized spacial score (nSPS) is 16.5. The monoisotopic (exact) mass is 207 g/mol. The molecule has 0 saturated carbocycles. The van der Waals surface area contributed by atoms with Crippen LogP contribution < -0.4 is 5.73 Å². The van der Waals surface area contributed by atoms with Crippen LogP contribution in [0.2, 0.25) is 0 Å². The Bertz CT molecular complexity index is 248. The molecule has 0 radical (unpaired) electrons. The van der Waals surface area contributed by atoms with E-state index in [0.29, 0.717) is 6.42 Å². The van der Waals surface area contributed by atoms with Crippen molar-refractivity contribution in [1.29, 1.82) is 0 Å². The van der Waals surface area contributed by atoms with Crippen LogP contribution in [0.15, 0.2) is 12.7 Å². The minimum atomic E-state index is -4.04. The summed E-state index contributed by atoms with van der Waals surface area (Å²) < 4.78 is 30.6. The molecule has 78 valence electrons. The van der Waals surface area contributed by atoms with Crippen LogP contribution in [-0.2, 0) is 10.1 Å². The summed E-state index contributed by atoms with van der Waals surface area (Å²) in [5.41, 5.74) is 5.49. The van der Waals surface area contributed by atoms with Gasteiger partial charge >= 0.3 is 0 Å². The van der Waals surface area contributed by atoms with Gasteiger partial charge in [-0.3, -0.25) is 4.55 Å². The molecule has 0 rings (SSSR count). The highest BCUT2D eigenvalue weighted by Crippen LogP contribution is 2.12. The largest absolute Gasteiger partial charge is 0.323 e. The van der Waals surface area contributed by atoms with Gasteiger partial charge in [-0.25, -0.2) is 0 Å². The molecule has 4 nitrogen and oxygen atoms in total. The van der Waals surface area contributed by atoms with E-state index in [1.165, 1.54) is 6.08 Å². The topological polar surface area (TPSA) is 80.4 Å². The molecular formula is C8H17NO3S. The van der Waals surface area contributed by atoms with E-state index in [1.807, 2.05) is 6.92 Å². The van der Waals surface area contributed by atoms with Crippen LogP contribution in [0.3, 0.4) is 0 Å². The third kappa shape index (κ3) is 4.40. The fraction of sp³-hybridized carbons (Fsp3) is 0.750. The van der Waals surface area contributed by atoms with E-state index in [1.54, 1.807) is 0 Å². The molecule has 5 heteroatoms. The van der Waals surface area contributed by atoms with Crippen LogP contribution in [-0.4, -0.2) is 24.3 Å². The minimum absolute atomic E-state index is 0.377. The van der Waals surface area contributed by atoms with Crippen LogP contribution in [0.25, 0.3) is 0 Å². The summed E-state index contributed by atoms with van der Waals surface area (Å²) in [5, 5.41) is -0.912. The predicted octanol–water partition coefficient (Wildman–Crippen LogP) is 0.946. The van der Waals surface area contributed by atoms with E-state index in [0.717, 1.165) is 12.8 Å². The molecule has 0 amide bonds. The standard InChI is InChI=1S/C8H17NO3S/c1-3-5-6-8(7(9)4-2)13(10,11)12/h4,7-8H,2-3,5-6,9H2,1H3,(H,10,11,12). The molecule has 0 saturated heterocycles.